The highest BCUT2D eigenvalue weighted by Crippen LogP contribution is 2.38. The number of H-pyrrole nitrogens is 1. The van der Waals surface area contributed by atoms with Gasteiger partial charge in [0, 0.05) is 12.0 Å². The molecule has 0 spiro atoms. The van der Waals surface area contributed by atoms with Gasteiger partial charge in [0.25, 0.3) is 11.5 Å². The molecule has 1 atom stereocenters. The van der Waals surface area contributed by atoms with Crippen molar-refractivity contribution in [1.29, 1.82) is 0 Å². The van der Waals surface area contributed by atoms with Crippen LogP contribution in [0.4, 0.5) is 13.2 Å². The predicted octanol–water partition coefficient (Wildman–Crippen LogP) is 4.18. The Balaban J connectivity index is 1.87. The molecule has 1 fully saturated rings. The normalized spacial score (nSPS) is 15.9. The van der Waals surface area contributed by atoms with Gasteiger partial charge in [-0.1, -0.05) is 32.9 Å². The van der Waals surface area contributed by atoms with Crippen molar-refractivity contribution in [1.82, 2.24) is 15.3 Å². The first kappa shape index (κ1) is 20.1. The van der Waals surface area contributed by atoms with Gasteiger partial charge in [0.05, 0.1) is 11.6 Å². The number of alkyl halides is 3. The number of aromatic nitrogens is 2. The van der Waals surface area contributed by atoms with Crippen LogP contribution < -0.4 is 10.9 Å². The first-order valence-electron chi connectivity index (χ1n) is 9.04. The van der Waals surface area contributed by atoms with Crippen LogP contribution in [0.2, 0.25) is 0 Å². The second kappa shape index (κ2) is 7.07. The van der Waals surface area contributed by atoms with E-state index in [1.807, 2.05) is 20.8 Å². The van der Waals surface area contributed by atoms with Crippen molar-refractivity contribution >= 4 is 5.91 Å². The number of hydrogen-bond donors (Lipinski definition) is 2. The van der Waals surface area contributed by atoms with Crippen molar-refractivity contribution in [3.63, 3.8) is 0 Å². The number of benzene rings is 1. The maximum Gasteiger partial charge on any atom is 0.416 e. The molecule has 0 saturated heterocycles. The van der Waals surface area contributed by atoms with Gasteiger partial charge in [-0.15, -0.1) is 0 Å². The Kier molecular flexibility index (Phi) is 5.08. The van der Waals surface area contributed by atoms with E-state index in [4.69, 9.17) is 0 Å². The molecule has 3 rings (SSSR count). The minimum absolute atomic E-state index is 0.00631. The van der Waals surface area contributed by atoms with Crippen molar-refractivity contribution in [2.75, 3.05) is 0 Å². The molecule has 150 valence electrons. The summed E-state index contributed by atoms with van der Waals surface area (Å²) in [5.41, 5.74) is -1.08. The minimum Gasteiger partial charge on any atom is -0.343 e. The van der Waals surface area contributed by atoms with Crippen LogP contribution in [0.15, 0.2) is 35.1 Å². The quantitative estimate of drug-likeness (QED) is 0.818. The lowest BCUT2D eigenvalue weighted by molar-refractivity contribution is -0.137. The number of hydrogen-bond acceptors (Lipinski definition) is 3. The summed E-state index contributed by atoms with van der Waals surface area (Å²) in [7, 11) is 0. The van der Waals surface area contributed by atoms with E-state index in [0.717, 1.165) is 31.0 Å². The van der Waals surface area contributed by atoms with E-state index >= 15 is 0 Å². The monoisotopic (exact) mass is 393 g/mol. The van der Waals surface area contributed by atoms with Gasteiger partial charge in [-0.05, 0) is 36.0 Å². The second-order valence-corrected chi connectivity index (χ2v) is 8.18. The molecule has 2 aromatic rings. The molecule has 1 aliphatic carbocycles. The van der Waals surface area contributed by atoms with Crippen LogP contribution in [-0.4, -0.2) is 15.9 Å². The number of nitrogens with zero attached hydrogens (tertiary/aromatic N) is 1. The van der Waals surface area contributed by atoms with E-state index in [0.29, 0.717) is 11.4 Å². The van der Waals surface area contributed by atoms with Crippen LogP contribution in [0.3, 0.4) is 0 Å². The molecule has 5 nitrogen and oxygen atoms in total. The fraction of sp³-hybridized carbons (Fsp3) is 0.450. The first-order valence-corrected chi connectivity index (χ1v) is 9.04. The summed E-state index contributed by atoms with van der Waals surface area (Å²) in [5, 5.41) is 2.83. The fourth-order valence-corrected chi connectivity index (χ4v) is 3.01. The Bertz CT molecular complexity index is 923. The summed E-state index contributed by atoms with van der Waals surface area (Å²) >= 11 is 0. The van der Waals surface area contributed by atoms with E-state index in [-0.39, 0.29) is 11.6 Å². The number of carbonyl (C=O) groups excluding carboxylic acids is 1. The first-order chi connectivity index (χ1) is 12.9. The van der Waals surface area contributed by atoms with E-state index in [2.05, 4.69) is 15.3 Å². The van der Waals surface area contributed by atoms with Gasteiger partial charge in [-0.3, -0.25) is 9.59 Å². The predicted molar refractivity (Wildman–Crippen MR) is 97.9 cm³/mol. The fourth-order valence-electron chi connectivity index (χ4n) is 3.01. The van der Waals surface area contributed by atoms with Crippen molar-refractivity contribution in [2.45, 2.75) is 51.7 Å². The van der Waals surface area contributed by atoms with Gasteiger partial charge in [0.1, 0.15) is 11.5 Å². The lowest BCUT2D eigenvalue weighted by Gasteiger charge is -2.32. The van der Waals surface area contributed by atoms with Crippen molar-refractivity contribution in [2.24, 2.45) is 5.41 Å². The number of amides is 1. The molecule has 1 aromatic heterocycles. The van der Waals surface area contributed by atoms with Gasteiger partial charge in [0.15, 0.2) is 0 Å². The van der Waals surface area contributed by atoms with E-state index < -0.39 is 34.7 Å². The van der Waals surface area contributed by atoms with Gasteiger partial charge in [-0.25, -0.2) is 4.98 Å². The third-order valence-electron chi connectivity index (χ3n) is 4.67. The summed E-state index contributed by atoms with van der Waals surface area (Å²) in [5.74, 6) is 0.140. The van der Waals surface area contributed by atoms with Gasteiger partial charge >= 0.3 is 6.18 Å². The lowest BCUT2D eigenvalue weighted by Crippen LogP contribution is -2.37. The Labute approximate surface area is 160 Å². The second-order valence-electron chi connectivity index (χ2n) is 8.18. The zero-order valence-corrected chi connectivity index (χ0v) is 15.9. The Hall–Kier alpha value is -2.64. The number of rotatable bonds is 4. The summed E-state index contributed by atoms with van der Waals surface area (Å²) in [6, 6.07) is 5.29. The van der Waals surface area contributed by atoms with Crippen LogP contribution in [0.5, 0.6) is 0 Å². The average Bonchev–Trinajstić information content (AvgIpc) is 3.42. The Morgan fingerprint density at radius 1 is 1.18 bits per heavy atom. The molecule has 0 unspecified atom stereocenters. The van der Waals surface area contributed by atoms with Crippen molar-refractivity contribution < 1.29 is 18.0 Å². The summed E-state index contributed by atoms with van der Waals surface area (Å²) in [6.07, 6.45) is -2.58. The number of nitrogens with one attached hydrogen (secondary N) is 2. The summed E-state index contributed by atoms with van der Waals surface area (Å²) in [6.45, 7) is 5.61. The molecule has 0 bridgehead atoms. The van der Waals surface area contributed by atoms with E-state index in [1.165, 1.54) is 12.1 Å². The Morgan fingerprint density at radius 3 is 2.29 bits per heavy atom. The molecule has 1 saturated carbocycles. The minimum atomic E-state index is -4.42. The van der Waals surface area contributed by atoms with Gasteiger partial charge < -0.3 is 10.3 Å². The summed E-state index contributed by atoms with van der Waals surface area (Å²) < 4.78 is 38.5. The molecule has 1 amide bonds. The van der Waals surface area contributed by atoms with E-state index in [1.54, 1.807) is 0 Å². The third kappa shape index (κ3) is 4.61. The molecule has 0 aliphatic heterocycles. The molecular formula is C20H22F3N3O2. The van der Waals surface area contributed by atoms with Gasteiger partial charge in [-0.2, -0.15) is 13.2 Å². The third-order valence-corrected chi connectivity index (χ3v) is 4.67. The molecule has 28 heavy (non-hydrogen) atoms. The number of aromatic amines is 1. The average molecular weight is 393 g/mol. The maximum absolute atomic E-state index is 12.8. The zero-order valence-electron chi connectivity index (χ0n) is 15.9. The number of halogens is 3. The topological polar surface area (TPSA) is 74.8 Å². The zero-order chi connectivity index (χ0) is 20.7. The van der Waals surface area contributed by atoms with Crippen molar-refractivity contribution in [3.8, 4) is 0 Å². The molecule has 0 radical (unpaired) electrons. The highest BCUT2D eigenvalue weighted by atomic mass is 19.4. The molecule has 8 heteroatoms. The van der Waals surface area contributed by atoms with Crippen LogP contribution in [-0.2, 0) is 6.18 Å². The van der Waals surface area contributed by atoms with Gasteiger partial charge in [0.2, 0.25) is 0 Å². The highest BCUT2D eigenvalue weighted by Gasteiger charge is 2.33. The van der Waals surface area contributed by atoms with Crippen LogP contribution >= 0.6 is 0 Å². The Morgan fingerprint density at radius 2 is 1.79 bits per heavy atom. The summed E-state index contributed by atoms with van der Waals surface area (Å²) in [4.78, 5) is 31.5. The molecular weight excluding hydrogens is 371 g/mol. The van der Waals surface area contributed by atoms with E-state index in [9.17, 15) is 22.8 Å². The maximum atomic E-state index is 12.8. The van der Waals surface area contributed by atoms with Crippen LogP contribution in [0.1, 0.15) is 73.0 Å². The lowest BCUT2D eigenvalue weighted by atomic mass is 9.82. The SMILES string of the molecule is CC(C)(C)[C@@H](NC(=O)c1cc(=O)[nH]c(C2CC2)n1)c1ccc(C(F)(F)F)cc1. The van der Waals surface area contributed by atoms with Crippen LogP contribution in [0.25, 0.3) is 0 Å². The number of carbonyl (C=O) groups is 1. The largest absolute Gasteiger partial charge is 0.416 e. The highest BCUT2D eigenvalue weighted by molar-refractivity contribution is 5.92. The standard InChI is InChI=1S/C20H22F3N3O2/c1-19(2,3)16(11-6-8-13(9-7-11)20(21,22)23)26-18(28)14-10-15(27)25-17(24-14)12-4-5-12/h6-10,12,16H,4-5H2,1-3H3,(H,26,28)(H,24,25,27)/t16-/m0/s1. The molecule has 2 N–H and O–H groups in total. The smallest absolute Gasteiger partial charge is 0.343 e. The molecule has 1 heterocycles. The van der Waals surface area contributed by atoms with Crippen molar-refractivity contribution in [3.05, 3.63) is 63.3 Å². The molecule has 1 aromatic carbocycles. The van der Waals surface area contributed by atoms with Crippen LogP contribution in [0, 0.1) is 5.41 Å². The molecule has 1 aliphatic rings.